The molecule has 0 saturated carbocycles. The van der Waals surface area contributed by atoms with Gasteiger partial charge in [0.2, 0.25) is 5.95 Å². The molecule has 3 heterocycles. The summed E-state index contributed by atoms with van der Waals surface area (Å²) in [5, 5.41) is 4.34. The normalized spacial score (nSPS) is 11.2. The molecule has 0 saturated heterocycles. The van der Waals surface area contributed by atoms with Crippen LogP contribution < -0.4 is 5.73 Å². The number of hydrogen-bond acceptors (Lipinski definition) is 4. The van der Waals surface area contributed by atoms with E-state index in [1.165, 1.54) is 0 Å². The highest BCUT2D eigenvalue weighted by molar-refractivity contribution is 5.74. The summed E-state index contributed by atoms with van der Waals surface area (Å²) < 4.78 is 3.65. The van der Waals surface area contributed by atoms with E-state index in [4.69, 9.17) is 5.73 Å². The number of fused-ring (bicyclic) bond motifs is 1. The van der Waals surface area contributed by atoms with Crippen molar-refractivity contribution in [3.63, 3.8) is 0 Å². The van der Waals surface area contributed by atoms with Crippen molar-refractivity contribution in [3.05, 3.63) is 35.8 Å². The molecule has 2 N–H and O–H groups in total. The van der Waals surface area contributed by atoms with E-state index in [-0.39, 0.29) is 0 Å². The molecule has 92 valence electrons. The third kappa shape index (κ3) is 1.71. The van der Waals surface area contributed by atoms with Gasteiger partial charge in [-0.2, -0.15) is 5.10 Å². The van der Waals surface area contributed by atoms with Gasteiger partial charge in [0, 0.05) is 18.9 Å². The molecule has 0 radical (unpaired) electrons. The third-order valence-corrected chi connectivity index (χ3v) is 2.85. The van der Waals surface area contributed by atoms with Crippen LogP contribution in [-0.4, -0.2) is 24.3 Å². The number of rotatable bonds is 2. The van der Waals surface area contributed by atoms with Crippen molar-refractivity contribution in [1.82, 2.24) is 24.3 Å². The standard InChI is InChI=1S/C12H14N6/c1-8-3-4-10-11(14-8)18(12(13)15-10)7-9-5-6-17(2)16-9/h3-6H,7H2,1-2H3,(H2,13,15). The first-order valence-electron chi connectivity index (χ1n) is 5.71. The van der Waals surface area contributed by atoms with Gasteiger partial charge in [0.15, 0.2) is 5.65 Å². The Morgan fingerprint density at radius 1 is 1.22 bits per heavy atom. The fraction of sp³-hybridized carbons (Fsp3) is 0.250. The Balaban J connectivity index is 2.10. The molecule has 3 aromatic rings. The van der Waals surface area contributed by atoms with Gasteiger partial charge in [0.1, 0.15) is 5.52 Å². The molecule has 3 aromatic heterocycles. The van der Waals surface area contributed by atoms with Crippen molar-refractivity contribution in [3.8, 4) is 0 Å². The van der Waals surface area contributed by atoms with Crippen LogP contribution in [0, 0.1) is 6.92 Å². The van der Waals surface area contributed by atoms with E-state index in [1.54, 1.807) is 4.68 Å². The molecule has 0 spiro atoms. The summed E-state index contributed by atoms with van der Waals surface area (Å²) >= 11 is 0. The molecule has 0 unspecified atom stereocenters. The number of anilines is 1. The summed E-state index contributed by atoms with van der Waals surface area (Å²) in [7, 11) is 1.89. The van der Waals surface area contributed by atoms with Crippen molar-refractivity contribution in [2.24, 2.45) is 7.05 Å². The van der Waals surface area contributed by atoms with Gasteiger partial charge in [0.25, 0.3) is 0 Å². The second kappa shape index (κ2) is 3.83. The van der Waals surface area contributed by atoms with E-state index in [2.05, 4.69) is 15.1 Å². The van der Waals surface area contributed by atoms with Crippen molar-refractivity contribution < 1.29 is 0 Å². The molecule has 6 nitrogen and oxygen atoms in total. The van der Waals surface area contributed by atoms with Crippen LogP contribution >= 0.6 is 0 Å². The van der Waals surface area contributed by atoms with Gasteiger partial charge in [-0.1, -0.05) is 0 Å². The fourth-order valence-corrected chi connectivity index (χ4v) is 1.98. The van der Waals surface area contributed by atoms with Gasteiger partial charge in [-0.25, -0.2) is 9.97 Å². The van der Waals surface area contributed by atoms with E-state index in [0.29, 0.717) is 12.5 Å². The molecule has 0 amide bonds. The molecule has 3 rings (SSSR count). The highest BCUT2D eigenvalue weighted by Gasteiger charge is 2.11. The van der Waals surface area contributed by atoms with Crippen molar-refractivity contribution >= 4 is 17.1 Å². The van der Waals surface area contributed by atoms with Crippen LogP contribution in [-0.2, 0) is 13.6 Å². The third-order valence-electron chi connectivity index (χ3n) is 2.85. The van der Waals surface area contributed by atoms with Crippen LogP contribution in [0.3, 0.4) is 0 Å². The highest BCUT2D eigenvalue weighted by Crippen LogP contribution is 2.17. The quantitative estimate of drug-likeness (QED) is 0.730. The number of hydrogen-bond donors (Lipinski definition) is 1. The summed E-state index contributed by atoms with van der Waals surface area (Å²) in [6, 6.07) is 5.82. The summed E-state index contributed by atoms with van der Waals surface area (Å²) in [6.45, 7) is 2.54. The molecule has 0 aromatic carbocycles. The predicted molar refractivity (Wildman–Crippen MR) is 69.0 cm³/mol. The number of aryl methyl sites for hydroxylation is 2. The molecular weight excluding hydrogens is 228 g/mol. The zero-order valence-electron chi connectivity index (χ0n) is 10.3. The van der Waals surface area contributed by atoms with Crippen molar-refractivity contribution in [2.75, 3.05) is 5.73 Å². The van der Waals surface area contributed by atoms with Gasteiger partial charge in [-0.15, -0.1) is 0 Å². The number of aromatic nitrogens is 5. The molecule has 6 heteroatoms. The van der Waals surface area contributed by atoms with Crippen LogP contribution in [0.5, 0.6) is 0 Å². The maximum absolute atomic E-state index is 5.94. The Labute approximate surface area is 104 Å². The fourth-order valence-electron chi connectivity index (χ4n) is 1.98. The molecule has 0 aliphatic carbocycles. The lowest BCUT2D eigenvalue weighted by molar-refractivity contribution is 0.715. The minimum atomic E-state index is 0.466. The summed E-state index contributed by atoms with van der Waals surface area (Å²) in [4.78, 5) is 8.79. The average Bonchev–Trinajstić information content (AvgIpc) is 2.86. The zero-order valence-corrected chi connectivity index (χ0v) is 10.3. The summed E-state index contributed by atoms with van der Waals surface area (Å²) in [6.07, 6.45) is 1.91. The number of imidazole rings is 1. The van der Waals surface area contributed by atoms with E-state index in [0.717, 1.165) is 22.6 Å². The minimum Gasteiger partial charge on any atom is -0.369 e. The number of nitrogens with two attached hydrogens (primary N) is 1. The first-order valence-corrected chi connectivity index (χ1v) is 5.71. The minimum absolute atomic E-state index is 0.466. The van der Waals surface area contributed by atoms with Gasteiger partial charge < -0.3 is 5.73 Å². The van der Waals surface area contributed by atoms with Crippen molar-refractivity contribution in [2.45, 2.75) is 13.5 Å². The lowest BCUT2D eigenvalue weighted by Crippen LogP contribution is -2.06. The average molecular weight is 242 g/mol. The van der Waals surface area contributed by atoms with Crippen LogP contribution in [0.1, 0.15) is 11.4 Å². The predicted octanol–water partition coefficient (Wildman–Crippen LogP) is 1.10. The van der Waals surface area contributed by atoms with E-state index in [1.807, 2.05) is 42.9 Å². The molecule has 18 heavy (non-hydrogen) atoms. The molecule has 0 aliphatic heterocycles. The first kappa shape index (κ1) is 10.8. The second-order valence-electron chi connectivity index (χ2n) is 4.33. The summed E-state index contributed by atoms with van der Waals surface area (Å²) in [5.74, 6) is 0.466. The van der Waals surface area contributed by atoms with Crippen LogP contribution in [0.4, 0.5) is 5.95 Å². The van der Waals surface area contributed by atoms with Gasteiger partial charge >= 0.3 is 0 Å². The largest absolute Gasteiger partial charge is 0.369 e. The maximum Gasteiger partial charge on any atom is 0.202 e. The number of nitrogens with zero attached hydrogens (tertiary/aromatic N) is 5. The van der Waals surface area contributed by atoms with Crippen LogP contribution in [0.15, 0.2) is 24.4 Å². The Morgan fingerprint density at radius 2 is 2.06 bits per heavy atom. The zero-order chi connectivity index (χ0) is 12.7. The first-order chi connectivity index (χ1) is 8.63. The van der Waals surface area contributed by atoms with Gasteiger partial charge in [-0.3, -0.25) is 9.25 Å². The molecule has 0 atom stereocenters. The van der Waals surface area contributed by atoms with Crippen molar-refractivity contribution in [1.29, 1.82) is 0 Å². The Morgan fingerprint density at radius 3 is 2.78 bits per heavy atom. The lowest BCUT2D eigenvalue weighted by Gasteiger charge is -2.03. The molecular formula is C12H14N6. The van der Waals surface area contributed by atoms with Gasteiger partial charge in [0.05, 0.1) is 12.2 Å². The van der Waals surface area contributed by atoms with Crippen LogP contribution in [0.2, 0.25) is 0 Å². The number of pyridine rings is 1. The Bertz CT molecular complexity index is 709. The van der Waals surface area contributed by atoms with E-state index < -0.39 is 0 Å². The molecule has 0 aliphatic rings. The molecule has 0 bridgehead atoms. The topological polar surface area (TPSA) is 74.5 Å². The maximum atomic E-state index is 5.94. The highest BCUT2D eigenvalue weighted by atomic mass is 15.3. The monoisotopic (exact) mass is 242 g/mol. The number of nitrogen functional groups attached to an aromatic ring is 1. The molecule has 0 fully saturated rings. The smallest absolute Gasteiger partial charge is 0.202 e. The summed E-state index contributed by atoms with van der Waals surface area (Å²) in [5.41, 5.74) is 9.44. The van der Waals surface area contributed by atoms with E-state index >= 15 is 0 Å². The SMILES string of the molecule is Cc1ccc2nc(N)n(Cc3ccn(C)n3)c2n1. The second-order valence-corrected chi connectivity index (χ2v) is 4.33. The Hall–Kier alpha value is -2.37. The van der Waals surface area contributed by atoms with Gasteiger partial charge in [-0.05, 0) is 25.1 Å². The lowest BCUT2D eigenvalue weighted by atomic mass is 10.3. The Kier molecular flexibility index (Phi) is 2.29. The van der Waals surface area contributed by atoms with Crippen LogP contribution in [0.25, 0.3) is 11.2 Å². The van der Waals surface area contributed by atoms with E-state index in [9.17, 15) is 0 Å².